The second-order valence-electron chi connectivity index (χ2n) is 9.37. The van der Waals surface area contributed by atoms with Gasteiger partial charge in [0, 0.05) is 16.8 Å². The molecule has 4 rings (SSSR count). The zero-order chi connectivity index (χ0) is 29.4. The summed E-state index contributed by atoms with van der Waals surface area (Å²) in [5, 5.41) is 19.2. The average molecular weight is 617 g/mol. The summed E-state index contributed by atoms with van der Waals surface area (Å²) in [4.78, 5) is 30.7. The molecule has 3 heterocycles. The molecule has 0 bridgehead atoms. The summed E-state index contributed by atoms with van der Waals surface area (Å²) in [6.07, 6.45) is -3.44. The number of anilines is 1. The number of hydrogen-bond donors (Lipinski definition) is 2. The number of amides is 2. The van der Waals surface area contributed by atoms with Gasteiger partial charge in [-0.25, -0.2) is 14.3 Å². The number of alkyl halides is 3. The predicted octanol–water partition coefficient (Wildman–Crippen LogP) is 5.06. The maximum absolute atomic E-state index is 13.6. The van der Waals surface area contributed by atoms with Gasteiger partial charge in [-0.2, -0.15) is 18.3 Å². The second-order valence-corrected chi connectivity index (χ2v) is 10.6. The van der Waals surface area contributed by atoms with Gasteiger partial charge in [-0.3, -0.25) is 9.59 Å². The highest BCUT2D eigenvalue weighted by Gasteiger charge is 2.38. The first-order valence-electron chi connectivity index (χ1n) is 11.3. The first kappa shape index (κ1) is 29.2. The maximum atomic E-state index is 13.6. The van der Waals surface area contributed by atoms with Gasteiger partial charge in [-0.15, -0.1) is 5.10 Å². The van der Waals surface area contributed by atoms with E-state index in [1.807, 2.05) is 0 Å². The summed E-state index contributed by atoms with van der Waals surface area (Å²) < 4.78 is 41.4. The van der Waals surface area contributed by atoms with Crippen molar-refractivity contribution in [2.75, 3.05) is 5.32 Å². The normalized spacial score (nSPS) is 11.9. The molecule has 1 aromatic carbocycles. The highest BCUT2D eigenvalue weighted by Crippen LogP contribution is 2.32. The smallest absolute Gasteiger partial charge is 0.347 e. The molecule has 2 amide bonds. The Morgan fingerprint density at radius 3 is 2.40 bits per heavy atom. The zero-order valence-corrected chi connectivity index (χ0v) is 23.2. The van der Waals surface area contributed by atoms with Crippen molar-refractivity contribution >= 4 is 52.3 Å². The molecule has 0 spiro atoms. The van der Waals surface area contributed by atoms with E-state index in [1.165, 1.54) is 30.5 Å². The highest BCUT2D eigenvalue weighted by atomic mass is 35.5. The fourth-order valence-corrected chi connectivity index (χ4v) is 4.24. The van der Waals surface area contributed by atoms with Crippen molar-refractivity contribution in [2.24, 2.45) is 0 Å². The lowest BCUT2D eigenvalue weighted by Gasteiger charge is -2.22. The molecule has 0 aliphatic carbocycles. The number of halogens is 6. The van der Waals surface area contributed by atoms with Gasteiger partial charge in [0.25, 0.3) is 17.6 Å². The van der Waals surface area contributed by atoms with E-state index in [9.17, 15) is 22.8 Å². The van der Waals surface area contributed by atoms with E-state index in [-0.39, 0.29) is 43.5 Å². The zero-order valence-electron chi connectivity index (χ0n) is 20.9. The van der Waals surface area contributed by atoms with E-state index in [0.717, 1.165) is 4.68 Å². The van der Waals surface area contributed by atoms with E-state index < -0.39 is 35.9 Å². The quantitative estimate of drug-likeness (QED) is 0.309. The van der Waals surface area contributed by atoms with Crippen LogP contribution in [0, 0.1) is 0 Å². The SMILES string of the molecule is CC(C)(C)NC(=O)c1cc(Cl)cc(Cl)c1NC(=O)c1cc(Cn2nnnc2C(F)(F)F)nn1-c1ncccc1Cl. The molecule has 0 aliphatic heterocycles. The van der Waals surface area contributed by atoms with E-state index in [0.29, 0.717) is 4.68 Å². The van der Waals surface area contributed by atoms with Crippen LogP contribution in [0.3, 0.4) is 0 Å². The monoisotopic (exact) mass is 615 g/mol. The van der Waals surface area contributed by atoms with Crippen molar-refractivity contribution < 1.29 is 22.8 Å². The third kappa shape index (κ3) is 6.51. The van der Waals surface area contributed by atoms with E-state index in [1.54, 1.807) is 26.8 Å². The molecule has 3 aromatic heterocycles. The summed E-state index contributed by atoms with van der Waals surface area (Å²) in [5.74, 6) is -2.73. The predicted molar refractivity (Wildman–Crippen MR) is 140 cm³/mol. The fraction of sp³-hybridized carbons (Fsp3) is 0.261. The molecule has 210 valence electrons. The van der Waals surface area contributed by atoms with Crippen LogP contribution in [0.2, 0.25) is 15.1 Å². The van der Waals surface area contributed by atoms with Crippen molar-refractivity contribution in [2.45, 2.75) is 39.0 Å². The topological polar surface area (TPSA) is 133 Å². The van der Waals surface area contributed by atoms with Crippen LogP contribution in [0.25, 0.3) is 5.82 Å². The summed E-state index contributed by atoms with van der Waals surface area (Å²) >= 11 is 18.7. The number of carbonyl (C=O) groups excluding carboxylic acids is 2. The molecule has 40 heavy (non-hydrogen) atoms. The van der Waals surface area contributed by atoms with Crippen molar-refractivity contribution in [3.63, 3.8) is 0 Å². The van der Waals surface area contributed by atoms with Crippen LogP contribution in [0.1, 0.15) is 53.1 Å². The van der Waals surface area contributed by atoms with Crippen LogP contribution in [-0.2, 0) is 12.7 Å². The van der Waals surface area contributed by atoms with Gasteiger partial charge in [0.2, 0.25) is 0 Å². The second kappa shape index (κ2) is 11.0. The Morgan fingerprint density at radius 2 is 1.75 bits per heavy atom. The fourth-order valence-electron chi connectivity index (χ4n) is 3.50. The molecule has 0 saturated carbocycles. The Kier molecular flexibility index (Phi) is 8.06. The third-order valence-corrected chi connectivity index (χ3v) is 5.87. The van der Waals surface area contributed by atoms with Crippen molar-refractivity contribution in [3.8, 4) is 5.82 Å². The minimum absolute atomic E-state index is 0.0150. The van der Waals surface area contributed by atoms with Crippen molar-refractivity contribution in [3.05, 3.63) is 74.4 Å². The Balaban J connectivity index is 1.77. The summed E-state index contributed by atoms with van der Waals surface area (Å²) in [6, 6.07) is 6.91. The van der Waals surface area contributed by atoms with Gasteiger partial charge in [-0.05, 0) is 61.5 Å². The Bertz CT molecular complexity index is 1600. The molecule has 11 nitrogen and oxygen atoms in total. The van der Waals surface area contributed by atoms with Crippen LogP contribution in [0.5, 0.6) is 0 Å². The number of nitrogens with one attached hydrogen (secondary N) is 2. The van der Waals surface area contributed by atoms with Crippen LogP contribution in [0.4, 0.5) is 18.9 Å². The lowest BCUT2D eigenvalue weighted by molar-refractivity contribution is -0.147. The van der Waals surface area contributed by atoms with E-state index in [4.69, 9.17) is 34.8 Å². The number of pyridine rings is 1. The number of aromatic nitrogens is 7. The van der Waals surface area contributed by atoms with Gasteiger partial charge in [0.05, 0.1) is 33.5 Å². The minimum Gasteiger partial charge on any atom is -0.347 e. The van der Waals surface area contributed by atoms with Crippen LogP contribution in [0.15, 0.2) is 36.5 Å². The van der Waals surface area contributed by atoms with Gasteiger partial charge < -0.3 is 10.6 Å². The molecule has 0 fully saturated rings. The van der Waals surface area contributed by atoms with Crippen molar-refractivity contribution in [1.82, 2.24) is 40.3 Å². The molecular formula is C23H19Cl3F3N9O2. The number of nitrogens with zero attached hydrogens (tertiary/aromatic N) is 7. The number of rotatable bonds is 6. The standard InChI is InChI=1S/C23H19Cl3F3N9O2/c1-22(2,3)32-19(39)13-7-11(24)8-15(26)17(13)31-20(40)16-9-12(10-37-21(23(27,28)29)33-35-36-37)34-38(16)18-14(25)5-4-6-30-18/h4-9H,10H2,1-3H3,(H,31,40)(H,32,39). The Labute approximate surface area is 239 Å². The first-order chi connectivity index (χ1) is 18.6. The Hall–Kier alpha value is -3.75. The molecule has 0 unspecified atom stereocenters. The van der Waals surface area contributed by atoms with E-state index >= 15 is 0 Å². The van der Waals surface area contributed by atoms with Crippen LogP contribution in [-0.4, -0.2) is 52.3 Å². The highest BCUT2D eigenvalue weighted by molar-refractivity contribution is 6.38. The van der Waals surface area contributed by atoms with Crippen molar-refractivity contribution in [1.29, 1.82) is 0 Å². The summed E-state index contributed by atoms with van der Waals surface area (Å²) in [7, 11) is 0. The number of tetrazole rings is 1. The molecule has 0 aliphatic rings. The maximum Gasteiger partial charge on any atom is 0.453 e. The largest absolute Gasteiger partial charge is 0.453 e. The summed E-state index contributed by atoms with van der Waals surface area (Å²) in [6.45, 7) is 4.75. The Morgan fingerprint density at radius 1 is 1.02 bits per heavy atom. The molecule has 17 heteroatoms. The molecule has 0 radical (unpaired) electrons. The average Bonchev–Trinajstić information content (AvgIpc) is 3.47. The summed E-state index contributed by atoms with van der Waals surface area (Å²) in [5.41, 5.74) is -0.921. The number of benzene rings is 1. The molecular weight excluding hydrogens is 598 g/mol. The number of carbonyl (C=O) groups is 2. The molecule has 0 saturated heterocycles. The lowest BCUT2D eigenvalue weighted by atomic mass is 10.1. The lowest BCUT2D eigenvalue weighted by Crippen LogP contribution is -2.41. The van der Waals surface area contributed by atoms with E-state index in [2.05, 4.69) is 36.2 Å². The van der Waals surface area contributed by atoms with Crippen LogP contribution >= 0.6 is 34.8 Å². The van der Waals surface area contributed by atoms with Gasteiger partial charge in [0.1, 0.15) is 5.69 Å². The molecule has 4 aromatic rings. The molecule has 0 atom stereocenters. The third-order valence-electron chi connectivity index (χ3n) is 5.06. The molecule has 2 N–H and O–H groups in total. The van der Waals surface area contributed by atoms with Crippen LogP contribution < -0.4 is 10.6 Å². The van der Waals surface area contributed by atoms with Gasteiger partial charge in [0.15, 0.2) is 5.82 Å². The number of hydrogen-bond acceptors (Lipinski definition) is 7. The van der Waals surface area contributed by atoms with Gasteiger partial charge >= 0.3 is 6.18 Å². The van der Waals surface area contributed by atoms with Gasteiger partial charge in [-0.1, -0.05) is 34.8 Å². The first-order valence-corrected chi connectivity index (χ1v) is 12.4. The minimum atomic E-state index is -4.83.